The highest BCUT2D eigenvalue weighted by Crippen LogP contribution is 2.36. The Morgan fingerprint density at radius 3 is 2.48 bits per heavy atom. The van der Waals surface area contributed by atoms with Crippen molar-refractivity contribution >= 4 is 57.5 Å². The number of benzene rings is 4. The number of carbonyl (C=O) groups is 2. The van der Waals surface area contributed by atoms with Gasteiger partial charge in [0.2, 0.25) is 17.6 Å². The zero-order valence-electron chi connectivity index (χ0n) is 32.3. The van der Waals surface area contributed by atoms with E-state index in [4.69, 9.17) is 36.6 Å². The molecule has 0 spiro atoms. The second kappa shape index (κ2) is 16.6. The van der Waals surface area contributed by atoms with Crippen molar-refractivity contribution in [2.45, 2.75) is 58.0 Å². The van der Waals surface area contributed by atoms with Gasteiger partial charge in [0.15, 0.2) is 11.3 Å². The zero-order valence-corrected chi connectivity index (χ0v) is 33.0. The normalized spacial score (nSPS) is 15.8. The number of nitrogens with one attached hydrogen (secondary N) is 3. The number of carbonyl (C=O) groups excluding carboxylic acids is 2. The second-order valence-corrected chi connectivity index (χ2v) is 15.0. The molecule has 7 rings (SSSR count). The number of hydrogen-bond acceptors (Lipinski definition) is 10. The molecule has 0 saturated carbocycles. The van der Waals surface area contributed by atoms with Crippen LogP contribution in [0.2, 0.25) is 5.02 Å². The quantitative estimate of drug-likeness (QED) is 0.0463. The average Bonchev–Trinajstić information content (AvgIpc) is 3.33. The fraction of sp³-hybridized carbons (Fsp3) is 0.273. The largest absolute Gasteiger partial charge is 0.504 e. The third-order valence-corrected chi connectivity index (χ3v) is 11.1. The van der Waals surface area contributed by atoms with Crippen LogP contribution in [-0.2, 0) is 22.6 Å². The van der Waals surface area contributed by atoms with E-state index in [1.807, 2.05) is 36.4 Å². The van der Waals surface area contributed by atoms with Crippen molar-refractivity contribution in [1.82, 2.24) is 10.2 Å². The summed E-state index contributed by atoms with van der Waals surface area (Å²) in [5.74, 6) is -0.527. The van der Waals surface area contributed by atoms with Gasteiger partial charge in [0, 0.05) is 41.2 Å². The maximum Gasteiger partial charge on any atom is 0.340 e. The lowest BCUT2D eigenvalue weighted by Crippen LogP contribution is -2.42. The minimum atomic E-state index is -0.897. The van der Waals surface area contributed by atoms with Crippen LogP contribution in [0.4, 0.5) is 5.69 Å². The number of aliphatic imine (C=N–C) groups is 1. The van der Waals surface area contributed by atoms with Crippen LogP contribution in [0.5, 0.6) is 17.2 Å². The minimum Gasteiger partial charge on any atom is -0.504 e. The molecule has 14 heteroatoms. The fourth-order valence-electron chi connectivity index (χ4n) is 7.70. The highest BCUT2D eigenvalue weighted by molar-refractivity contribution is 6.31. The Balaban J connectivity index is 1.00. The number of rotatable bonds is 9. The minimum absolute atomic E-state index is 0.00199. The van der Waals surface area contributed by atoms with E-state index >= 15 is 0 Å². The molecule has 1 aromatic heterocycles. The Labute approximate surface area is 339 Å². The summed E-state index contributed by atoms with van der Waals surface area (Å²) in [4.78, 5) is 48.0. The van der Waals surface area contributed by atoms with E-state index in [1.54, 1.807) is 56.2 Å². The lowest BCUT2D eigenvalue weighted by Gasteiger charge is -2.32. The molecule has 0 aliphatic carbocycles. The average molecular weight is 803 g/mol. The second-order valence-electron chi connectivity index (χ2n) is 14.6. The third kappa shape index (κ3) is 8.03. The number of aromatic hydroxyl groups is 2. The van der Waals surface area contributed by atoms with E-state index in [0.717, 1.165) is 29.5 Å². The predicted molar refractivity (Wildman–Crippen MR) is 223 cm³/mol. The first kappa shape index (κ1) is 39.8. The molecule has 13 nitrogen and oxygen atoms in total. The summed E-state index contributed by atoms with van der Waals surface area (Å²) in [7, 11) is 1.57. The standard InChI is InChI=1S/C44H43ClN6O7/c1-24-32-12-14-37(52)41(55)42(32)58-44(56)33(24)21-39(54)50-17-15-27(16-18-50)29-6-4-5-26(19-29)23-48-38(53)22-35-43(47)51(25(2)46)36-13-11-31(57-3)20-34(36)40(49-35)28-7-9-30(45)10-8-28/h4-14,19-20,27,35,46-47,52,55H,15-18,21-23H2,1-3H3,(H,48,53)/t35-/m0/s1. The van der Waals surface area contributed by atoms with E-state index in [-0.39, 0.29) is 59.9 Å². The predicted octanol–water partition coefficient (Wildman–Crippen LogP) is 6.83. The molecular weight excluding hydrogens is 760 g/mol. The first-order valence-electron chi connectivity index (χ1n) is 18.9. The van der Waals surface area contributed by atoms with Gasteiger partial charge in [0.05, 0.1) is 36.9 Å². The molecule has 0 unspecified atom stereocenters. The maximum absolute atomic E-state index is 13.6. The number of halogens is 1. The summed E-state index contributed by atoms with van der Waals surface area (Å²) >= 11 is 6.21. The summed E-state index contributed by atoms with van der Waals surface area (Å²) in [6, 6.07) is 22.5. The van der Waals surface area contributed by atoms with Crippen molar-refractivity contribution < 1.29 is 29.0 Å². The molecule has 2 aliphatic rings. The molecular formula is C44H43ClN6O7. The van der Waals surface area contributed by atoms with Gasteiger partial charge in [-0.05, 0) is 91.8 Å². The first-order valence-corrected chi connectivity index (χ1v) is 19.3. The Kier molecular flexibility index (Phi) is 11.3. The molecule has 5 N–H and O–H groups in total. The Morgan fingerprint density at radius 1 is 1.03 bits per heavy atom. The molecule has 0 bridgehead atoms. The summed E-state index contributed by atoms with van der Waals surface area (Å²) < 4.78 is 10.8. The van der Waals surface area contributed by atoms with Crippen LogP contribution in [-0.4, -0.2) is 70.6 Å². The first-order chi connectivity index (χ1) is 27.8. The molecule has 1 fully saturated rings. The fourth-order valence-corrected chi connectivity index (χ4v) is 7.82. The maximum atomic E-state index is 13.6. The molecule has 2 amide bonds. The molecule has 0 radical (unpaired) electrons. The van der Waals surface area contributed by atoms with Crippen LogP contribution in [0.1, 0.15) is 65.5 Å². The van der Waals surface area contributed by atoms with Crippen molar-refractivity contribution in [3.05, 3.63) is 128 Å². The van der Waals surface area contributed by atoms with Crippen LogP contribution in [0.15, 0.2) is 93.1 Å². The number of anilines is 1. The van der Waals surface area contributed by atoms with Gasteiger partial charge in [-0.25, -0.2) is 4.79 Å². The SMILES string of the molecule is COc1ccc2c(c1)C(c1ccc(Cl)cc1)=N[C@@H](CC(=O)NCc1cccc(C3CCN(C(=O)Cc4c(C)c5ccc(O)c(O)c5oc4=O)CC3)c1)C(=N)N2C(C)=N. The van der Waals surface area contributed by atoms with E-state index in [9.17, 15) is 24.6 Å². The summed E-state index contributed by atoms with van der Waals surface area (Å²) in [5.41, 5.74) is 4.43. The molecule has 1 saturated heterocycles. The Morgan fingerprint density at radius 2 is 1.78 bits per heavy atom. The zero-order chi connectivity index (χ0) is 41.2. The smallest absolute Gasteiger partial charge is 0.340 e. The van der Waals surface area contributed by atoms with E-state index in [1.165, 1.54) is 11.0 Å². The van der Waals surface area contributed by atoms with Gasteiger partial charge in [0.1, 0.15) is 23.5 Å². The van der Waals surface area contributed by atoms with Crippen molar-refractivity contribution in [2.24, 2.45) is 4.99 Å². The third-order valence-electron chi connectivity index (χ3n) is 10.9. The van der Waals surface area contributed by atoms with Crippen LogP contribution < -0.4 is 20.6 Å². The molecule has 298 valence electrons. The van der Waals surface area contributed by atoms with E-state index < -0.39 is 23.2 Å². The van der Waals surface area contributed by atoms with Gasteiger partial charge in [-0.15, -0.1) is 0 Å². The molecule has 4 aromatic carbocycles. The highest BCUT2D eigenvalue weighted by atomic mass is 35.5. The number of hydrogen-bond donors (Lipinski definition) is 5. The number of likely N-dealkylation sites (tertiary alicyclic amines) is 1. The topological polar surface area (TPSA) is 193 Å². The number of methoxy groups -OCH3 is 1. The summed E-state index contributed by atoms with van der Waals surface area (Å²) in [5, 5.41) is 41.7. The van der Waals surface area contributed by atoms with Crippen molar-refractivity contribution in [2.75, 3.05) is 25.1 Å². The van der Waals surface area contributed by atoms with Crippen LogP contribution in [0.3, 0.4) is 0 Å². The number of benzodiazepines with no additional fused rings is 1. The Hall–Kier alpha value is -6.47. The summed E-state index contributed by atoms with van der Waals surface area (Å²) in [6.45, 7) is 4.56. The van der Waals surface area contributed by atoms with Crippen molar-refractivity contribution in [1.29, 1.82) is 10.8 Å². The Bertz CT molecular complexity index is 2540. The van der Waals surface area contributed by atoms with Gasteiger partial charge < -0.3 is 29.6 Å². The van der Waals surface area contributed by atoms with Gasteiger partial charge in [-0.2, -0.15) is 0 Å². The van der Waals surface area contributed by atoms with Gasteiger partial charge in [-0.1, -0.05) is 48.0 Å². The van der Waals surface area contributed by atoms with Gasteiger partial charge in [0.25, 0.3) is 0 Å². The number of phenols is 2. The summed E-state index contributed by atoms with van der Waals surface area (Å²) in [6.07, 6.45) is 1.17. The van der Waals surface area contributed by atoms with Gasteiger partial charge in [-0.3, -0.25) is 30.3 Å². The number of aryl methyl sites for hydroxylation is 1. The van der Waals surface area contributed by atoms with Crippen molar-refractivity contribution in [3.63, 3.8) is 0 Å². The molecule has 2 aliphatic heterocycles. The lowest BCUT2D eigenvalue weighted by atomic mass is 9.88. The van der Waals surface area contributed by atoms with Gasteiger partial charge >= 0.3 is 5.63 Å². The number of amidine groups is 2. The van der Waals surface area contributed by atoms with Crippen LogP contribution in [0, 0.1) is 17.7 Å². The number of phenolic OH excluding ortho intramolecular Hbond substituents is 2. The molecule has 5 aromatic rings. The van der Waals surface area contributed by atoms with Crippen LogP contribution in [0.25, 0.3) is 11.0 Å². The van der Waals surface area contributed by atoms with Crippen LogP contribution >= 0.6 is 11.6 Å². The monoisotopic (exact) mass is 802 g/mol. The van der Waals surface area contributed by atoms with E-state index in [2.05, 4.69) is 11.4 Å². The number of fused-ring (bicyclic) bond motifs is 2. The number of ether oxygens (including phenoxy) is 1. The molecule has 3 heterocycles. The van der Waals surface area contributed by atoms with E-state index in [0.29, 0.717) is 51.8 Å². The molecule has 1 atom stereocenters. The highest BCUT2D eigenvalue weighted by Gasteiger charge is 2.33. The number of amides is 2. The van der Waals surface area contributed by atoms with Crippen molar-refractivity contribution in [3.8, 4) is 17.2 Å². The number of piperidine rings is 1. The molecule has 58 heavy (non-hydrogen) atoms. The number of nitrogens with zero attached hydrogens (tertiary/aromatic N) is 3. The lowest BCUT2D eigenvalue weighted by molar-refractivity contribution is -0.131.